The van der Waals surface area contributed by atoms with E-state index in [1.807, 2.05) is 19.1 Å². The molecule has 0 aliphatic carbocycles. The zero-order chi connectivity index (χ0) is 22.2. The average molecular weight is 479 g/mol. The summed E-state index contributed by atoms with van der Waals surface area (Å²) in [6.45, 7) is 5.49. The van der Waals surface area contributed by atoms with Gasteiger partial charge < -0.3 is 0 Å². The van der Waals surface area contributed by atoms with Crippen LogP contribution < -0.4 is 5.30 Å². The summed E-state index contributed by atoms with van der Waals surface area (Å²) in [6, 6.07) is 13.4. The van der Waals surface area contributed by atoms with Crippen LogP contribution in [-0.4, -0.2) is 11.3 Å². The second-order valence-electron chi connectivity index (χ2n) is 6.95. The number of rotatable bonds is 5. The fourth-order valence-corrected chi connectivity index (χ4v) is 6.13. The minimum atomic E-state index is -2.68. The predicted molar refractivity (Wildman–Crippen MR) is 124 cm³/mol. The van der Waals surface area contributed by atoms with Crippen molar-refractivity contribution in [3.63, 3.8) is 0 Å². The SMILES string of the molecule is Cc1cc(C)c(C(=O)[P+](=O)c2c(Cl)cc(Cl)c(C(=O)c3ccccc3)c2Cl)c(C)c1. The molecule has 1 unspecified atom stereocenters. The van der Waals surface area contributed by atoms with E-state index < -0.39 is 19.1 Å². The van der Waals surface area contributed by atoms with Crippen LogP contribution in [0.2, 0.25) is 15.1 Å². The number of benzene rings is 3. The van der Waals surface area contributed by atoms with E-state index in [2.05, 4.69) is 0 Å². The largest absolute Gasteiger partial charge is 0.461 e. The van der Waals surface area contributed by atoms with Gasteiger partial charge in [-0.2, -0.15) is 0 Å². The summed E-state index contributed by atoms with van der Waals surface area (Å²) in [6.07, 6.45) is 0. The molecule has 30 heavy (non-hydrogen) atoms. The van der Waals surface area contributed by atoms with Crippen molar-refractivity contribution >= 4 is 59.2 Å². The van der Waals surface area contributed by atoms with Crippen LogP contribution in [0.15, 0.2) is 48.5 Å². The Balaban J connectivity index is 2.14. The molecule has 3 nitrogen and oxygen atoms in total. The van der Waals surface area contributed by atoms with Crippen LogP contribution in [0.1, 0.15) is 43.0 Å². The van der Waals surface area contributed by atoms with E-state index in [0.717, 1.165) is 5.56 Å². The number of carbonyl (C=O) groups excluding carboxylic acids is 2. The third-order valence-electron chi connectivity index (χ3n) is 4.69. The lowest BCUT2D eigenvalue weighted by Crippen LogP contribution is -2.14. The highest BCUT2D eigenvalue weighted by molar-refractivity contribution is 7.72. The first-order valence-corrected chi connectivity index (χ1v) is 11.4. The Hall–Kier alpha value is -2.03. The third-order valence-corrected chi connectivity index (χ3v) is 7.39. The molecule has 3 rings (SSSR count). The van der Waals surface area contributed by atoms with Crippen molar-refractivity contribution in [2.45, 2.75) is 20.8 Å². The number of halogens is 3. The monoisotopic (exact) mass is 477 g/mol. The van der Waals surface area contributed by atoms with Crippen LogP contribution in [0.4, 0.5) is 0 Å². The van der Waals surface area contributed by atoms with Gasteiger partial charge in [-0.15, -0.1) is 0 Å². The van der Waals surface area contributed by atoms with E-state index in [-0.39, 0.29) is 25.9 Å². The Morgan fingerprint density at radius 3 is 1.93 bits per heavy atom. The van der Waals surface area contributed by atoms with Crippen LogP contribution in [-0.2, 0) is 4.57 Å². The van der Waals surface area contributed by atoms with Gasteiger partial charge in [-0.1, -0.05) is 87.4 Å². The molecule has 0 fully saturated rings. The van der Waals surface area contributed by atoms with Gasteiger partial charge in [0, 0.05) is 5.56 Å². The molecule has 7 heteroatoms. The van der Waals surface area contributed by atoms with Crippen molar-refractivity contribution in [2.75, 3.05) is 0 Å². The lowest BCUT2D eigenvalue weighted by molar-refractivity contribution is 0.103. The lowest BCUT2D eigenvalue weighted by Gasteiger charge is -2.09. The molecule has 0 heterocycles. The van der Waals surface area contributed by atoms with Gasteiger partial charge >= 0.3 is 13.3 Å². The molecule has 0 aliphatic heterocycles. The maximum atomic E-state index is 13.3. The molecule has 0 spiro atoms. The Labute approximate surface area is 190 Å². The Morgan fingerprint density at radius 2 is 1.37 bits per heavy atom. The second kappa shape index (κ2) is 8.99. The van der Waals surface area contributed by atoms with E-state index in [1.165, 1.54) is 6.07 Å². The molecule has 1 atom stereocenters. The standard InChI is InChI=1S/C23H17Cl3O3P/c1-12-9-13(2)18(14(3)10-12)23(28)30(29)22-17(25)11-16(24)19(20(22)26)21(27)15-7-5-4-6-8-15/h4-11H,1-3H3/q+1. The quantitative estimate of drug-likeness (QED) is 0.290. The van der Waals surface area contributed by atoms with E-state index >= 15 is 0 Å². The van der Waals surface area contributed by atoms with Gasteiger partial charge in [-0.05, 0) is 38.0 Å². The van der Waals surface area contributed by atoms with Crippen molar-refractivity contribution < 1.29 is 14.2 Å². The molecular weight excluding hydrogens is 462 g/mol. The summed E-state index contributed by atoms with van der Waals surface area (Å²) in [4.78, 5) is 26.1. The van der Waals surface area contributed by atoms with Gasteiger partial charge in [0.05, 0.1) is 21.2 Å². The molecule has 0 aliphatic rings. The van der Waals surface area contributed by atoms with Crippen LogP contribution in [0.3, 0.4) is 0 Å². The minimum absolute atomic E-state index is 0.0218. The first kappa shape index (κ1) is 22.7. The van der Waals surface area contributed by atoms with Gasteiger partial charge in [0.25, 0.3) is 0 Å². The fraction of sp³-hybridized carbons (Fsp3) is 0.130. The topological polar surface area (TPSA) is 51.2 Å². The van der Waals surface area contributed by atoms with Crippen LogP contribution in [0, 0.1) is 20.8 Å². The Morgan fingerprint density at radius 1 is 0.800 bits per heavy atom. The molecule has 3 aromatic rings. The van der Waals surface area contributed by atoms with Gasteiger partial charge in [-0.25, -0.2) is 4.79 Å². The summed E-state index contributed by atoms with van der Waals surface area (Å²) in [5.41, 5.74) is 2.52. The van der Waals surface area contributed by atoms with E-state index in [4.69, 9.17) is 34.8 Å². The molecule has 0 saturated heterocycles. The predicted octanol–water partition coefficient (Wildman–Crippen LogP) is 7.10. The van der Waals surface area contributed by atoms with Crippen molar-refractivity contribution in [3.8, 4) is 0 Å². The fourth-order valence-electron chi connectivity index (χ4n) is 3.43. The molecular formula is C23H17Cl3O3P+. The summed E-state index contributed by atoms with van der Waals surface area (Å²) in [5, 5.41) is -0.243. The van der Waals surface area contributed by atoms with Gasteiger partial charge in [0.15, 0.2) is 5.78 Å². The minimum Gasteiger partial charge on any atom is -0.288 e. The summed E-state index contributed by atoms with van der Waals surface area (Å²) in [5.74, 6) is -0.443. The number of carbonyl (C=O) groups is 2. The van der Waals surface area contributed by atoms with Crippen LogP contribution in [0.5, 0.6) is 0 Å². The normalized spacial score (nSPS) is 11.3. The van der Waals surface area contributed by atoms with E-state index in [0.29, 0.717) is 22.3 Å². The zero-order valence-corrected chi connectivity index (χ0v) is 19.6. The maximum absolute atomic E-state index is 13.3. The molecule has 3 aromatic carbocycles. The van der Waals surface area contributed by atoms with Crippen molar-refractivity contribution in [1.82, 2.24) is 0 Å². The average Bonchev–Trinajstić information content (AvgIpc) is 2.67. The molecule has 0 aromatic heterocycles. The van der Waals surface area contributed by atoms with Crippen molar-refractivity contribution in [1.29, 1.82) is 0 Å². The molecule has 0 bridgehead atoms. The molecule has 0 radical (unpaired) electrons. The second-order valence-corrected chi connectivity index (χ2v) is 9.58. The number of ketones is 1. The number of aryl methyl sites for hydroxylation is 3. The van der Waals surface area contributed by atoms with Crippen molar-refractivity contribution in [2.24, 2.45) is 0 Å². The van der Waals surface area contributed by atoms with Crippen LogP contribution >= 0.6 is 42.6 Å². The Bertz CT molecular complexity index is 1180. The number of hydrogen-bond acceptors (Lipinski definition) is 3. The molecule has 0 saturated carbocycles. The van der Waals surface area contributed by atoms with E-state index in [1.54, 1.807) is 44.2 Å². The number of hydrogen-bond donors (Lipinski definition) is 0. The van der Waals surface area contributed by atoms with Crippen molar-refractivity contribution in [3.05, 3.63) is 97.0 Å². The summed E-state index contributed by atoms with van der Waals surface area (Å²) in [7, 11) is -2.68. The maximum Gasteiger partial charge on any atom is 0.461 e. The lowest BCUT2D eigenvalue weighted by atomic mass is 10.0. The molecule has 0 N–H and O–H groups in total. The van der Waals surface area contributed by atoms with E-state index in [9.17, 15) is 14.2 Å². The Kier molecular flexibility index (Phi) is 6.79. The van der Waals surface area contributed by atoms with Gasteiger partial charge in [0.2, 0.25) is 5.30 Å². The third kappa shape index (κ3) is 4.22. The molecule has 152 valence electrons. The first-order chi connectivity index (χ1) is 14.1. The summed E-state index contributed by atoms with van der Waals surface area (Å²) < 4.78 is 13.3. The highest BCUT2D eigenvalue weighted by Crippen LogP contribution is 2.39. The van der Waals surface area contributed by atoms with Gasteiger partial charge in [-0.3, -0.25) is 4.79 Å². The smallest absolute Gasteiger partial charge is 0.288 e. The zero-order valence-electron chi connectivity index (χ0n) is 16.4. The highest BCUT2D eigenvalue weighted by atomic mass is 35.5. The van der Waals surface area contributed by atoms with Gasteiger partial charge in [0.1, 0.15) is 5.02 Å². The molecule has 0 amide bonds. The first-order valence-electron chi connectivity index (χ1n) is 9.00. The highest BCUT2D eigenvalue weighted by Gasteiger charge is 2.41. The summed E-state index contributed by atoms with van der Waals surface area (Å²) >= 11 is 19.0. The van der Waals surface area contributed by atoms with Crippen LogP contribution in [0.25, 0.3) is 0 Å².